The average molecular weight is 230 g/mol. The van der Waals surface area contributed by atoms with Gasteiger partial charge < -0.3 is 11.5 Å². The van der Waals surface area contributed by atoms with E-state index in [0.717, 1.165) is 5.56 Å². The van der Waals surface area contributed by atoms with Gasteiger partial charge in [-0.1, -0.05) is 29.8 Å². The molecule has 1 amide bonds. The number of carbonyl (C=O) groups is 1. The van der Waals surface area contributed by atoms with Gasteiger partial charge in [-0.3, -0.25) is 9.48 Å². The molecule has 0 saturated carbocycles. The van der Waals surface area contributed by atoms with Crippen molar-refractivity contribution in [3.63, 3.8) is 0 Å². The highest BCUT2D eigenvalue weighted by Gasteiger charge is 2.11. The molecule has 0 spiro atoms. The molecular formula is C12H14N4O. The summed E-state index contributed by atoms with van der Waals surface area (Å²) < 4.78 is 1.62. The number of primary amides is 1. The van der Waals surface area contributed by atoms with E-state index in [2.05, 4.69) is 11.2 Å². The fraction of sp³-hybridized carbons (Fsp3) is 0.167. The molecule has 1 aromatic heterocycles. The number of nitrogens with two attached hydrogens (primary N) is 2. The molecule has 17 heavy (non-hydrogen) atoms. The number of anilines is 1. The Morgan fingerprint density at radius 3 is 2.82 bits per heavy atom. The van der Waals surface area contributed by atoms with Gasteiger partial charge in [-0.05, 0) is 12.5 Å². The second-order valence-electron chi connectivity index (χ2n) is 3.98. The number of aryl methyl sites for hydroxylation is 1. The third-order valence-corrected chi connectivity index (χ3v) is 2.45. The van der Waals surface area contributed by atoms with Crippen molar-refractivity contribution in [2.75, 3.05) is 5.73 Å². The lowest BCUT2D eigenvalue weighted by Crippen LogP contribution is -2.14. The van der Waals surface area contributed by atoms with Crippen molar-refractivity contribution in [1.82, 2.24) is 9.78 Å². The third kappa shape index (κ3) is 2.44. The van der Waals surface area contributed by atoms with Gasteiger partial charge in [0.05, 0.1) is 12.2 Å². The summed E-state index contributed by atoms with van der Waals surface area (Å²) in [5, 5.41) is 4.05. The van der Waals surface area contributed by atoms with Crippen molar-refractivity contribution in [1.29, 1.82) is 0 Å². The molecule has 1 aromatic carbocycles. The van der Waals surface area contributed by atoms with Crippen molar-refractivity contribution in [2.45, 2.75) is 13.5 Å². The highest BCUT2D eigenvalue weighted by molar-refractivity contribution is 5.95. The van der Waals surface area contributed by atoms with Crippen LogP contribution in [-0.4, -0.2) is 15.7 Å². The van der Waals surface area contributed by atoms with Gasteiger partial charge in [0.1, 0.15) is 0 Å². The summed E-state index contributed by atoms with van der Waals surface area (Å²) in [4.78, 5) is 11.0. The first kappa shape index (κ1) is 11.2. The van der Waals surface area contributed by atoms with Crippen LogP contribution in [0.25, 0.3) is 0 Å². The maximum Gasteiger partial charge on any atom is 0.271 e. The lowest BCUT2D eigenvalue weighted by molar-refractivity contribution is 0.0995. The largest absolute Gasteiger partial charge is 0.396 e. The molecule has 5 heteroatoms. The molecular weight excluding hydrogens is 216 g/mol. The minimum atomic E-state index is -0.606. The summed E-state index contributed by atoms with van der Waals surface area (Å²) in [6, 6.07) is 8.05. The SMILES string of the molecule is Cc1cccc(Cn2cc(N)c(C(N)=O)n2)c1. The van der Waals surface area contributed by atoms with Crippen LogP contribution in [0.15, 0.2) is 30.5 Å². The van der Waals surface area contributed by atoms with Crippen LogP contribution in [0, 0.1) is 6.92 Å². The molecule has 0 atom stereocenters. The highest BCUT2D eigenvalue weighted by Crippen LogP contribution is 2.11. The quantitative estimate of drug-likeness (QED) is 0.822. The molecule has 0 aliphatic heterocycles. The Hall–Kier alpha value is -2.30. The van der Waals surface area contributed by atoms with E-state index >= 15 is 0 Å². The average Bonchev–Trinajstić information content (AvgIpc) is 2.59. The molecule has 0 radical (unpaired) electrons. The van der Waals surface area contributed by atoms with Crippen LogP contribution < -0.4 is 11.5 Å². The van der Waals surface area contributed by atoms with Gasteiger partial charge in [0.15, 0.2) is 5.69 Å². The van der Waals surface area contributed by atoms with E-state index in [4.69, 9.17) is 11.5 Å². The Morgan fingerprint density at radius 1 is 1.47 bits per heavy atom. The lowest BCUT2D eigenvalue weighted by Gasteiger charge is -2.02. The summed E-state index contributed by atoms with van der Waals surface area (Å²) in [5.74, 6) is -0.606. The Labute approximate surface area is 99.0 Å². The number of carbonyl (C=O) groups excluding carboxylic acids is 1. The number of nitrogens with zero attached hydrogens (tertiary/aromatic N) is 2. The van der Waals surface area contributed by atoms with Gasteiger partial charge >= 0.3 is 0 Å². The number of hydrogen-bond acceptors (Lipinski definition) is 3. The molecule has 88 valence electrons. The number of rotatable bonds is 3. The second-order valence-corrected chi connectivity index (χ2v) is 3.98. The molecule has 5 nitrogen and oxygen atoms in total. The Kier molecular flexibility index (Phi) is 2.82. The summed E-state index contributed by atoms with van der Waals surface area (Å²) in [7, 11) is 0. The number of amides is 1. The molecule has 0 unspecified atom stereocenters. The predicted molar refractivity (Wildman–Crippen MR) is 65.4 cm³/mol. The van der Waals surface area contributed by atoms with E-state index in [-0.39, 0.29) is 5.69 Å². The topological polar surface area (TPSA) is 86.9 Å². The van der Waals surface area contributed by atoms with E-state index in [1.807, 2.05) is 25.1 Å². The van der Waals surface area contributed by atoms with Crippen LogP contribution in [0.2, 0.25) is 0 Å². The summed E-state index contributed by atoms with van der Waals surface area (Å²) >= 11 is 0. The maximum atomic E-state index is 11.0. The molecule has 0 aliphatic rings. The van der Waals surface area contributed by atoms with Crippen molar-refractivity contribution < 1.29 is 4.79 Å². The summed E-state index contributed by atoms with van der Waals surface area (Å²) in [6.45, 7) is 2.59. The molecule has 0 fully saturated rings. The zero-order valence-electron chi connectivity index (χ0n) is 9.55. The fourth-order valence-corrected chi connectivity index (χ4v) is 1.71. The summed E-state index contributed by atoms with van der Waals surface area (Å²) in [5.41, 5.74) is 13.5. The zero-order chi connectivity index (χ0) is 12.4. The van der Waals surface area contributed by atoms with Gasteiger partial charge in [-0.25, -0.2) is 0 Å². The monoisotopic (exact) mass is 230 g/mol. The van der Waals surface area contributed by atoms with Crippen LogP contribution in [0.5, 0.6) is 0 Å². The van der Waals surface area contributed by atoms with Crippen molar-refractivity contribution >= 4 is 11.6 Å². The maximum absolute atomic E-state index is 11.0. The van der Waals surface area contributed by atoms with Gasteiger partial charge in [-0.2, -0.15) is 5.10 Å². The molecule has 0 aliphatic carbocycles. The minimum absolute atomic E-state index is 0.123. The van der Waals surface area contributed by atoms with Gasteiger partial charge in [0.25, 0.3) is 5.91 Å². The van der Waals surface area contributed by atoms with Crippen LogP contribution >= 0.6 is 0 Å². The fourth-order valence-electron chi connectivity index (χ4n) is 1.71. The van der Waals surface area contributed by atoms with Crippen LogP contribution in [0.1, 0.15) is 21.6 Å². The van der Waals surface area contributed by atoms with Gasteiger partial charge in [0.2, 0.25) is 0 Å². The van der Waals surface area contributed by atoms with Crippen LogP contribution in [0.3, 0.4) is 0 Å². The van der Waals surface area contributed by atoms with Crippen LogP contribution in [-0.2, 0) is 6.54 Å². The number of aromatic nitrogens is 2. The lowest BCUT2D eigenvalue weighted by atomic mass is 10.1. The van der Waals surface area contributed by atoms with E-state index in [1.54, 1.807) is 10.9 Å². The molecule has 2 rings (SSSR count). The molecule has 0 saturated heterocycles. The van der Waals surface area contributed by atoms with E-state index < -0.39 is 5.91 Å². The molecule has 4 N–H and O–H groups in total. The Balaban J connectivity index is 2.25. The highest BCUT2D eigenvalue weighted by atomic mass is 16.1. The summed E-state index contributed by atoms with van der Waals surface area (Å²) in [6.07, 6.45) is 1.61. The smallest absolute Gasteiger partial charge is 0.271 e. The van der Waals surface area contributed by atoms with Crippen molar-refractivity contribution in [3.8, 4) is 0 Å². The molecule has 2 aromatic rings. The van der Waals surface area contributed by atoms with Crippen molar-refractivity contribution in [2.24, 2.45) is 5.73 Å². The normalized spacial score (nSPS) is 10.4. The minimum Gasteiger partial charge on any atom is -0.396 e. The first-order valence-electron chi connectivity index (χ1n) is 5.24. The Morgan fingerprint density at radius 2 is 2.24 bits per heavy atom. The molecule has 0 bridgehead atoms. The second kappa shape index (κ2) is 4.29. The third-order valence-electron chi connectivity index (χ3n) is 2.45. The van der Waals surface area contributed by atoms with Gasteiger partial charge in [-0.15, -0.1) is 0 Å². The zero-order valence-corrected chi connectivity index (χ0v) is 9.55. The molecule has 1 heterocycles. The Bertz CT molecular complexity index is 559. The predicted octanol–water partition coefficient (Wildman–Crippen LogP) is 0.921. The first-order valence-corrected chi connectivity index (χ1v) is 5.24. The van der Waals surface area contributed by atoms with Crippen molar-refractivity contribution in [3.05, 3.63) is 47.3 Å². The van der Waals surface area contributed by atoms with E-state index in [9.17, 15) is 4.79 Å². The standard InChI is InChI=1S/C12H14N4O/c1-8-3-2-4-9(5-8)6-16-7-10(13)11(15-16)12(14)17/h2-5,7H,6,13H2,1H3,(H2,14,17). The first-order chi connectivity index (χ1) is 8.06. The number of benzene rings is 1. The van der Waals surface area contributed by atoms with Crippen LogP contribution in [0.4, 0.5) is 5.69 Å². The van der Waals surface area contributed by atoms with E-state index in [1.165, 1.54) is 5.56 Å². The number of nitrogen functional groups attached to an aromatic ring is 1. The van der Waals surface area contributed by atoms with Gasteiger partial charge in [0, 0.05) is 6.20 Å². The van der Waals surface area contributed by atoms with E-state index in [0.29, 0.717) is 12.2 Å². The number of hydrogen-bond donors (Lipinski definition) is 2.